The first-order valence-corrected chi connectivity index (χ1v) is 4.80. The molecule has 0 aliphatic rings. The molecule has 7 heteroatoms. The highest BCUT2D eigenvalue weighted by atomic mass is 32.1. The van der Waals surface area contributed by atoms with Gasteiger partial charge in [0.2, 0.25) is 5.82 Å². The number of nitrogens with zero attached hydrogens (tertiary/aromatic N) is 4. The molecule has 0 bridgehead atoms. The Bertz CT molecular complexity index is 441. The minimum atomic E-state index is -0.762. The molecular formula is C8H10N4O2S. The minimum Gasteiger partial charge on any atom is -0.311 e. The first kappa shape index (κ1) is 11.6. The lowest BCUT2D eigenvalue weighted by Crippen LogP contribution is -2.19. The van der Waals surface area contributed by atoms with Crippen molar-refractivity contribution in [1.82, 2.24) is 9.55 Å². The molecule has 0 spiro atoms. The second-order valence-electron chi connectivity index (χ2n) is 2.73. The second-order valence-corrected chi connectivity index (χ2v) is 3.11. The standard InChI is InChI=1S/C8H10N4O2S/c1-2-4-12-5-3-9-6(7(12)13)10-11-8(14)15/h3,5H,2,4H2,1H3,(H,14,15). The van der Waals surface area contributed by atoms with Gasteiger partial charge < -0.3 is 4.57 Å². The molecule has 1 aromatic heterocycles. The lowest BCUT2D eigenvalue weighted by Gasteiger charge is -2.01. The summed E-state index contributed by atoms with van der Waals surface area (Å²) >= 11 is 3.39. The molecule has 1 heterocycles. The van der Waals surface area contributed by atoms with Crippen molar-refractivity contribution in [3.05, 3.63) is 22.7 Å². The van der Waals surface area contributed by atoms with E-state index in [0.717, 1.165) is 6.42 Å². The summed E-state index contributed by atoms with van der Waals surface area (Å²) in [4.78, 5) is 25.7. The number of carbonyl (C=O) groups excluding carboxylic acids is 1. The van der Waals surface area contributed by atoms with Gasteiger partial charge in [0.15, 0.2) is 0 Å². The lowest BCUT2D eigenvalue weighted by molar-refractivity contribution is 0.266. The average Bonchev–Trinajstić information content (AvgIpc) is 2.19. The molecular weight excluding hydrogens is 216 g/mol. The monoisotopic (exact) mass is 226 g/mol. The predicted molar refractivity (Wildman–Crippen MR) is 57.7 cm³/mol. The van der Waals surface area contributed by atoms with Crippen LogP contribution in [0.1, 0.15) is 13.3 Å². The minimum absolute atomic E-state index is 0.103. The lowest BCUT2D eigenvalue weighted by atomic mass is 10.4. The van der Waals surface area contributed by atoms with Crippen molar-refractivity contribution >= 4 is 23.7 Å². The van der Waals surface area contributed by atoms with Crippen LogP contribution in [0.5, 0.6) is 0 Å². The summed E-state index contributed by atoms with van der Waals surface area (Å²) in [5.41, 5.74) is -0.363. The fourth-order valence-corrected chi connectivity index (χ4v) is 1.06. The highest BCUT2D eigenvalue weighted by molar-refractivity contribution is 7.96. The summed E-state index contributed by atoms with van der Waals surface area (Å²) in [5.74, 6) is -0.103. The van der Waals surface area contributed by atoms with Crippen molar-refractivity contribution in [2.75, 3.05) is 0 Å². The van der Waals surface area contributed by atoms with E-state index in [4.69, 9.17) is 0 Å². The number of rotatable bonds is 3. The molecule has 0 saturated heterocycles. The smallest absolute Gasteiger partial charge is 0.311 e. The zero-order valence-electron chi connectivity index (χ0n) is 8.12. The van der Waals surface area contributed by atoms with E-state index in [2.05, 4.69) is 27.8 Å². The summed E-state index contributed by atoms with van der Waals surface area (Å²) in [7, 11) is 0. The van der Waals surface area contributed by atoms with E-state index in [1.165, 1.54) is 10.8 Å². The number of carbonyl (C=O) groups is 1. The van der Waals surface area contributed by atoms with Crippen LogP contribution >= 0.6 is 12.6 Å². The SMILES string of the molecule is CCCn1ccnc(N=NC(=O)S)c1=O. The highest BCUT2D eigenvalue weighted by Crippen LogP contribution is 2.01. The molecule has 80 valence electrons. The van der Waals surface area contributed by atoms with Gasteiger partial charge in [-0.15, -0.1) is 5.11 Å². The number of aromatic nitrogens is 2. The molecule has 0 aromatic carbocycles. The third-order valence-corrected chi connectivity index (χ3v) is 1.68. The quantitative estimate of drug-likeness (QED) is 0.630. The highest BCUT2D eigenvalue weighted by Gasteiger charge is 2.02. The van der Waals surface area contributed by atoms with Crippen LogP contribution in [0.2, 0.25) is 0 Å². The summed E-state index contributed by atoms with van der Waals surface area (Å²) in [5, 5.41) is 5.77. The number of amides is 1. The molecule has 15 heavy (non-hydrogen) atoms. The van der Waals surface area contributed by atoms with Gasteiger partial charge in [-0.1, -0.05) is 24.7 Å². The van der Waals surface area contributed by atoms with Crippen LogP contribution in [0.3, 0.4) is 0 Å². The van der Waals surface area contributed by atoms with Gasteiger partial charge in [0.05, 0.1) is 0 Å². The van der Waals surface area contributed by atoms with Gasteiger partial charge in [0, 0.05) is 18.9 Å². The van der Waals surface area contributed by atoms with Gasteiger partial charge in [-0.05, 0) is 6.42 Å². The summed E-state index contributed by atoms with van der Waals surface area (Å²) in [6, 6.07) is 0. The van der Waals surface area contributed by atoms with E-state index in [1.807, 2.05) is 6.92 Å². The van der Waals surface area contributed by atoms with E-state index < -0.39 is 5.24 Å². The summed E-state index contributed by atoms with van der Waals surface area (Å²) in [6.07, 6.45) is 3.83. The first-order valence-electron chi connectivity index (χ1n) is 4.35. The Morgan fingerprint density at radius 2 is 2.40 bits per heavy atom. The molecule has 0 aliphatic heterocycles. The molecule has 0 N–H and O–H groups in total. The average molecular weight is 226 g/mol. The van der Waals surface area contributed by atoms with Gasteiger partial charge in [0.1, 0.15) is 0 Å². The predicted octanol–water partition coefficient (Wildman–Crippen LogP) is 1.79. The maximum atomic E-state index is 11.6. The van der Waals surface area contributed by atoms with Gasteiger partial charge in [-0.3, -0.25) is 9.59 Å². The van der Waals surface area contributed by atoms with E-state index in [-0.39, 0.29) is 11.4 Å². The molecule has 6 nitrogen and oxygen atoms in total. The molecule has 0 radical (unpaired) electrons. The first-order chi connectivity index (χ1) is 7.15. The Kier molecular flexibility index (Phi) is 4.17. The maximum absolute atomic E-state index is 11.6. The number of hydrogen-bond acceptors (Lipinski definition) is 4. The zero-order chi connectivity index (χ0) is 11.3. The fraction of sp³-hybridized carbons (Fsp3) is 0.375. The van der Waals surface area contributed by atoms with E-state index in [0.29, 0.717) is 6.54 Å². The van der Waals surface area contributed by atoms with E-state index in [9.17, 15) is 9.59 Å². The number of azo groups is 1. The molecule has 0 atom stereocenters. The molecule has 1 aromatic rings. The van der Waals surface area contributed by atoms with E-state index >= 15 is 0 Å². The third-order valence-electron chi connectivity index (χ3n) is 1.59. The van der Waals surface area contributed by atoms with Gasteiger partial charge >= 0.3 is 5.24 Å². The van der Waals surface area contributed by atoms with E-state index in [1.54, 1.807) is 6.20 Å². The van der Waals surface area contributed by atoms with Crippen molar-refractivity contribution in [2.45, 2.75) is 19.9 Å². The van der Waals surface area contributed by atoms with Crippen molar-refractivity contribution in [2.24, 2.45) is 10.2 Å². The summed E-state index contributed by atoms with van der Waals surface area (Å²) in [6.45, 7) is 2.53. The van der Waals surface area contributed by atoms with Crippen LogP contribution in [0.15, 0.2) is 27.4 Å². The molecule has 0 aliphatic carbocycles. The van der Waals surface area contributed by atoms with Crippen molar-refractivity contribution in [1.29, 1.82) is 0 Å². The van der Waals surface area contributed by atoms with Crippen LogP contribution < -0.4 is 5.56 Å². The molecule has 0 saturated carbocycles. The van der Waals surface area contributed by atoms with Crippen LogP contribution in [-0.2, 0) is 6.54 Å². The fourth-order valence-electron chi connectivity index (χ4n) is 1.01. The Balaban J connectivity index is 3.04. The van der Waals surface area contributed by atoms with Gasteiger partial charge in [-0.25, -0.2) is 4.98 Å². The second kappa shape index (κ2) is 5.40. The van der Waals surface area contributed by atoms with Crippen LogP contribution in [0.4, 0.5) is 10.6 Å². The topological polar surface area (TPSA) is 76.7 Å². The maximum Gasteiger partial charge on any atom is 0.320 e. The molecule has 0 unspecified atom stereocenters. The van der Waals surface area contributed by atoms with Crippen LogP contribution in [0, 0.1) is 0 Å². The third kappa shape index (κ3) is 3.28. The van der Waals surface area contributed by atoms with Gasteiger partial charge in [0.25, 0.3) is 5.56 Å². The number of thiol groups is 1. The largest absolute Gasteiger partial charge is 0.320 e. The number of hydrogen-bond donors (Lipinski definition) is 1. The van der Waals surface area contributed by atoms with Crippen LogP contribution in [0.25, 0.3) is 0 Å². The van der Waals surface area contributed by atoms with Crippen molar-refractivity contribution < 1.29 is 4.79 Å². The normalized spacial score (nSPS) is 10.8. The van der Waals surface area contributed by atoms with Crippen molar-refractivity contribution in [3.8, 4) is 0 Å². The number of aryl methyl sites for hydroxylation is 1. The Labute approximate surface area is 91.5 Å². The molecule has 1 amide bonds. The van der Waals surface area contributed by atoms with Crippen molar-refractivity contribution in [3.63, 3.8) is 0 Å². The molecule has 1 rings (SSSR count). The summed E-state index contributed by atoms with van der Waals surface area (Å²) < 4.78 is 1.46. The zero-order valence-corrected chi connectivity index (χ0v) is 9.02. The Morgan fingerprint density at radius 1 is 1.67 bits per heavy atom. The molecule has 0 fully saturated rings. The Morgan fingerprint density at radius 3 is 3.00 bits per heavy atom. The Hall–Kier alpha value is -1.50. The van der Waals surface area contributed by atoms with Crippen LogP contribution in [-0.4, -0.2) is 14.8 Å². The van der Waals surface area contributed by atoms with Gasteiger partial charge in [-0.2, -0.15) is 0 Å².